The summed E-state index contributed by atoms with van der Waals surface area (Å²) in [6.45, 7) is 0.757. The average molecular weight is 308 g/mol. The van der Waals surface area contributed by atoms with Crippen molar-refractivity contribution in [2.45, 2.75) is 37.1 Å². The fourth-order valence-corrected chi connectivity index (χ4v) is 4.96. The molecule has 21 heavy (non-hydrogen) atoms. The van der Waals surface area contributed by atoms with Crippen LogP contribution in [0, 0.1) is 5.92 Å². The van der Waals surface area contributed by atoms with Gasteiger partial charge in [0.2, 0.25) is 0 Å². The summed E-state index contributed by atoms with van der Waals surface area (Å²) in [4.78, 5) is 0. The van der Waals surface area contributed by atoms with E-state index >= 15 is 0 Å². The number of aliphatic hydroxyl groups is 1. The van der Waals surface area contributed by atoms with Gasteiger partial charge in [-0.2, -0.15) is 11.8 Å². The molecule has 3 nitrogen and oxygen atoms in total. The second-order valence-corrected chi connectivity index (χ2v) is 7.25. The Kier molecular flexibility index (Phi) is 4.89. The molecule has 0 radical (unpaired) electrons. The molecule has 0 saturated carbocycles. The minimum atomic E-state index is -0.469. The van der Waals surface area contributed by atoms with Gasteiger partial charge in [-0.25, -0.2) is 0 Å². The molecule has 2 saturated heterocycles. The molecule has 2 fully saturated rings. The Morgan fingerprint density at radius 1 is 1.38 bits per heavy atom. The number of thioether (sulfide) groups is 1. The summed E-state index contributed by atoms with van der Waals surface area (Å²) in [5.41, 5.74) is 1.05. The summed E-state index contributed by atoms with van der Waals surface area (Å²) < 4.78 is 11.7. The molecule has 4 unspecified atom stereocenters. The number of hydrogen-bond donors (Lipinski definition) is 1. The lowest BCUT2D eigenvalue weighted by atomic mass is 9.80. The van der Waals surface area contributed by atoms with Gasteiger partial charge in [-0.1, -0.05) is 30.3 Å². The van der Waals surface area contributed by atoms with Crippen LogP contribution < -0.4 is 0 Å². The van der Waals surface area contributed by atoms with Crippen molar-refractivity contribution in [2.75, 3.05) is 25.2 Å². The zero-order valence-corrected chi connectivity index (χ0v) is 13.3. The van der Waals surface area contributed by atoms with Crippen LogP contribution in [-0.4, -0.2) is 42.0 Å². The standard InChI is InChI=1S/C17H24O3S/c1-19-16(13-5-3-2-4-6-13)15(18)14-7-9-20-17(11-14)8-10-21-12-17/h2-6,14-16,18H,7-12H2,1H3. The summed E-state index contributed by atoms with van der Waals surface area (Å²) in [5, 5.41) is 10.8. The Bertz CT molecular complexity index is 445. The molecule has 1 N–H and O–H groups in total. The van der Waals surface area contributed by atoms with E-state index in [9.17, 15) is 5.11 Å². The van der Waals surface area contributed by atoms with Gasteiger partial charge in [0.15, 0.2) is 0 Å². The lowest BCUT2D eigenvalue weighted by Gasteiger charge is -2.41. The lowest BCUT2D eigenvalue weighted by Crippen LogP contribution is -2.44. The molecule has 2 aliphatic heterocycles. The number of benzene rings is 1. The number of methoxy groups -OCH3 is 1. The quantitative estimate of drug-likeness (QED) is 0.928. The van der Waals surface area contributed by atoms with Crippen LogP contribution in [0.2, 0.25) is 0 Å². The summed E-state index contributed by atoms with van der Waals surface area (Å²) in [5.74, 6) is 2.50. The first-order chi connectivity index (χ1) is 10.2. The molecule has 2 heterocycles. The van der Waals surface area contributed by atoms with E-state index in [-0.39, 0.29) is 17.6 Å². The Balaban J connectivity index is 1.72. The molecule has 2 aliphatic rings. The molecule has 0 amide bonds. The van der Waals surface area contributed by atoms with Crippen LogP contribution in [-0.2, 0) is 9.47 Å². The number of ether oxygens (including phenoxy) is 2. The molecule has 116 valence electrons. The molecule has 1 spiro atoms. The smallest absolute Gasteiger partial charge is 0.108 e. The van der Waals surface area contributed by atoms with Crippen molar-refractivity contribution in [3.8, 4) is 0 Å². The SMILES string of the molecule is COC(c1ccccc1)C(O)C1CCOC2(CCSC2)C1. The van der Waals surface area contributed by atoms with E-state index in [4.69, 9.17) is 9.47 Å². The third kappa shape index (κ3) is 3.29. The first-order valence-electron chi connectivity index (χ1n) is 7.72. The van der Waals surface area contributed by atoms with Gasteiger partial charge in [-0.15, -0.1) is 0 Å². The monoisotopic (exact) mass is 308 g/mol. The highest BCUT2D eigenvalue weighted by atomic mass is 32.2. The van der Waals surface area contributed by atoms with Crippen molar-refractivity contribution < 1.29 is 14.6 Å². The van der Waals surface area contributed by atoms with Crippen LogP contribution >= 0.6 is 11.8 Å². The Hall–Kier alpha value is -0.550. The van der Waals surface area contributed by atoms with Gasteiger partial charge < -0.3 is 14.6 Å². The normalized spacial score (nSPS) is 32.2. The predicted octanol–water partition coefficient (Wildman–Crippen LogP) is 3.04. The van der Waals surface area contributed by atoms with E-state index in [2.05, 4.69) is 0 Å². The van der Waals surface area contributed by atoms with Gasteiger partial charge in [-0.05, 0) is 36.5 Å². The van der Waals surface area contributed by atoms with Gasteiger partial charge in [0, 0.05) is 19.5 Å². The van der Waals surface area contributed by atoms with Crippen molar-refractivity contribution >= 4 is 11.8 Å². The molecule has 3 rings (SSSR count). The fourth-order valence-electron chi connectivity index (χ4n) is 3.58. The molecule has 4 atom stereocenters. The first-order valence-corrected chi connectivity index (χ1v) is 8.87. The fraction of sp³-hybridized carbons (Fsp3) is 0.647. The van der Waals surface area contributed by atoms with E-state index in [1.54, 1.807) is 7.11 Å². The molecular weight excluding hydrogens is 284 g/mol. The molecular formula is C17H24O3S. The molecule has 0 aliphatic carbocycles. The van der Waals surface area contributed by atoms with Crippen molar-refractivity contribution in [3.05, 3.63) is 35.9 Å². The van der Waals surface area contributed by atoms with E-state index in [0.29, 0.717) is 0 Å². The predicted molar refractivity (Wildman–Crippen MR) is 85.5 cm³/mol. The van der Waals surface area contributed by atoms with Gasteiger partial charge in [0.1, 0.15) is 6.10 Å². The van der Waals surface area contributed by atoms with E-state index < -0.39 is 6.10 Å². The summed E-state index contributed by atoms with van der Waals surface area (Å²) in [6.07, 6.45) is 2.27. The summed E-state index contributed by atoms with van der Waals surface area (Å²) in [7, 11) is 1.68. The molecule has 0 bridgehead atoms. The third-order valence-electron chi connectivity index (χ3n) is 4.77. The van der Waals surface area contributed by atoms with Gasteiger partial charge in [0.05, 0.1) is 11.7 Å². The average Bonchev–Trinajstić information content (AvgIpc) is 2.97. The number of aliphatic hydroxyl groups excluding tert-OH is 1. The van der Waals surface area contributed by atoms with Gasteiger partial charge in [0.25, 0.3) is 0 Å². The van der Waals surface area contributed by atoms with E-state index in [0.717, 1.165) is 37.2 Å². The largest absolute Gasteiger partial charge is 0.390 e. The second-order valence-electron chi connectivity index (χ2n) is 6.14. The maximum atomic E-state index is 10.8. The maximum Gasteiger partial charge on any atom is 0.108 e. The molecule has 1 aromatic carbocycles. The van der Waals surface area contributed by atoms with Crippen LogP contribution in [0.25, 0.3) is 0 Å². The minimum absolute atomic E-state index is 0.00351. The lowest BCUT2D eigenvalue weighted by molar-refractivity contribution is -0.125. The van der Waals surface area contributed by atoms with Crippen LogP contribution in [0.3, 0.4) is 0 Å². The first kappa shape index (κ1) is 15.3. The number of rotatable bonds is 4. The molecule has 4 heteroatoms. The van der Waals surface area contributed by atoms with E-state index in [1.807, 2.05) is 42.1 Å². The van der Waals surface area contributed by atoms with Crippen molar-refractivity contribution in [1.82, 2.24) is 0 Å². The van der Waals surface area contributed by atoms with Crippen LogP contribution in [0.4, 0.5) is 0 Å². The number of hydrogen-bond acceptors (Lipinski definition) is 4. The van der Waals surface area contributed by atoms with Crippen molar-refractivity contribution in [3.63, 3.8) is 0 Å². The highest BCUT2D eigenvalue weighted by molar-refractivity contribution is 7.99. The van der Waals surface area contributed by atoms with Crippen molar-refractivity contribution in [1.29, 1.82) is 0 Å². The highest BCUT2D eigenvalue weighted by Gasteiger charge is 2.43. The molecule has 0 aromatic heterocycles. The Morgan fingerprint density at radius 3 is 2.86 bits per heavy atom. The zero-order chi connectivity index (χ0) is 14.7. The second kappa shape index (κ2) is 6.69. The summed E-state index contributed by atoms with van der Waals surface area (Å²) in [6, 6.07) is 10.0. The summed E-state index contributed by atoms with van der Waals surface area (Å²) >= 11 is 1.97. The topological polar surface area (TPSA) is 38.7 Å². The highest BCUT2D eigenvalue weighted by Crippen LogP contribution is 2.43. The van der Waals surface area contributed by atoms with Crippen LogP contribution in [0.5, 0.6) is 0 Å². The van der Waals surface area contributed by atoms with Gasteiger partial charge in [-0.3, -0.25) is 0 Å². The van der Waals surface area contributed by atoms with Crippen molar-refractivity contribution in [2.24, 2.45) is 5.92 Å². The zero-order valence-electron chi connectivity index (χ0n) is 12.5. The van der Waals surface area contributed by atoms with E-state index in [1.165, 1.54) is 5.75 Å². The third-order valence-corrected chi connectivity index (χ3v) is 6.00. The van der Waals surface area contributed by atoms with Crippen LogP contribution in [0.15, 0.2) is 30.3 Å². The molecule has 1 aromatic rings. The Morgan fingerprint density at radius 2 is 2.19 bits per heavy atom. The Labute approximate surface area is 131 Å². The van der Waals surface area contributed by atoms with Crippen LogP contribution in [0.1, 0.15) is 30.9 Å². The van der Waals surface area contributed by atoms with Gasteiger partial charge >= 0.3 is 0 Å². The minimum Gasteiger partial charge on any atom is -0.390 e. The maximum absolute atomic E-state index is 10.8.